The Kier molecular flexibility index (Phi) is 6.40. The molecule has 23 heavy (non-hydrogen) atoms. The number of carbonyl (C=O) groups is 2. The number of hydrogen-bond donors (Lipinski definition) is 2. The number of hydrogen-bond acceptors (Lipinski definition) is 4. The minimum atomic E-state index is -0.415. The summed E-state index contributed by atoms with van der Waals surface area (Å²) in [5.41, 5.74) is 1.10. The summed E-state index contributed by atoms with van der Waals surface area (Å²) < 4.78 is 5.44. The van der Waals surface area contributed by atoms with E-state index in [1.165, 1.54) is 0 Å². The maximum atomic E-state index is 12.1. The van der Waals surface area contributed by atoms with Gasteiger partial charge in [0.15, 0.2) is 0 Å². The number of nitrogens with one attached hydrogen (secondary N) is 2. The molecule has 2 N–H and O–H groups in total. The van der Waals surface area contributed by atoms with Crippen molar-refractivity contribution < 1.29 is 14.3 Å². The van der Waals surface area contributed by atoms with Crippen LogP contribution in [-0.2, 0) is 16.1 Å². The molecule has 0 saturated carbocycles. The molecule has 0 aromatic heterocycles. The van der Waals surface area contributed by atoms with E-state index in [-0.39, 0.29) is 18.2 Å². The summed E-state index contributed by atoms with van der Waals surface area (Å²) >= 11 is 0. The van der Waals surface area contributed by atoms with E-state index in [4.69, 9.17) is 4.74 Å². The molecule has 1 fully saturated rings. The molecule has 6 heteroatoms. The van der Waals surface area contributed by atoms with Crippen LogP contribution in [0.1, 0.15) is 25.8 Å². The summed E-state index contributed by atoms with van der Waals surface area (Å²) in [6, 6.07) is 7.45. The number of ether oxygens (including phenoxy) is 1. The standard InChI is InChI=1S/C17H25N3O3/c1-3-18-16(21)11-15-17(22)19-9-10-20(15)12-13-5-7-14(8-6-13)23-4-2/h5-8,15H,3-4,9-12H2,1-2H3,(H,18,21)(H,19,22)/t15-/m1/s1. The summed E-state index contributed by atoms with van der Waals surface area (Å²) in [4.78, 5) is 26.0. The lowest BCUT2D eigenvalue weighted by atomic mass is 10.1. The molecule has 1 atom stereocenters. The molecular formula is C17H25N3O3. The molecular weight excluding hydrogens is 294 g/mol. The van der Waals surface area contributed by atoms with E-state index in [0.717, 1.165) is 17.9 Å². The van der Waals surface area contributed by atoms with Crippen LogP contribution < -0.4 is 15.4 Å². The molecule has 2 rings (SSSR count). The minimum absolute atomic E-state index is 0.0755. The lowest BCUT2D eigenvalue weighted by molar-refractivity contribution is -0.134. The zero-order chi connectivity index (χ0) is 16.7. The highest BCUT2D eigenvalue weighted by molar-refractivity contribution is 5.88. The molecule has 1 aliphatic heterocycles. The van der Waals surface area contributed by atoms with Crippen molar-refractivity contribution in [2.75, 3.05) is 26.2 Å². The maximum absolute atomic E-state index is 12.1. The molecule has 2 amide bonds. The number of piperazine rings is 1. The van der Waals surface area contributed by atoms with E-state index in [0.29, 0.717) is 26.2 Å². The first-order valence-electron chi connectivity index (χ1n) is 8.14. The first-order chi connectivity index (χ1) is 11.1. The highest BCUT2D eigenvalue weighted by Gasteiger charge is 2.31. The Hall–Kier alpha value is -2.08. The van der Waals surface area contributed by atoms with Crippen LogP contribution in [-0.4, -0.2) is 49.0 Å². The largest absolute Gasteiger partial charge is 0.494 e. The second-order valence-electron chi connectivity index (χ2n) is 5.51. The third-order valence-electron chi connectivity index (χ3n) is 3.81. The van der Waals surface area contributed by atoms with Gasteiger partial charge in [0.1, 0.15) is 5.75 Å². The number of amides is 2. The molecule has 0 radical (unpaired) electrons. The molecule has 0 aliphatic carbocycles. The Morgan fingerprint density at radius 1 is 1.35 bits per heavy atom. The smallest absolute Gasteiger partial charge is 0.237 e. The van der Waals surface area contributed by atoms with E-state index >= 15 is 0 Å². The number of rotatable bonds is 7. The van der Waals surface area contributed by atoms with Crippen molar-refractivity contribution in [3.63, 3.8) is 0 Å². The predicted octanol–water partition coefficient (Wildman–Crippen LogP) is 0.912. The van der Waals surface area contributed by atoms with Gasteiger partial charge in [0.25, 0.3) is 0 Å². The average Bonchev–Trinajstić information content (AvgIpc) is 2.53. The fourth-order valence-electron chi connectivity index (χ4n) is 2.71. The van der Waals surface area contributed by atoms with E-state index in [1.807, 2.05) is 38.1 Å². The van der Waals surface area contributed by atoms with Gasteiger partial charge in [-0.15, -0.1) is 0 Å². The molecule has 1 aromatic rings. The van der Waals surface area contributed by atoms with Crippen LogP contribution in [0, 0.1) is 0 Å². The molecule has 126 valence electrons. The van der Waals surface area contributed by atoms with Crippen LogP contribution in [0.2, 0.25) is 0 Å². The van der Waals surface area contributed by atoms with Gasteiger partial charge in [-0.25, -0.2) is 0 Å². The zero-order valence-electron chi connectivity index (χ0n) is 13.8. The summed E-state index contributed by atoms with van der Waals surface area (Å²) in [6.45, 7) is 7.03. The molecule has 1 aliphatic rings. The molecule has 0 spiro atoms. The topological polar surface area (TPSA) is 70.7 Å². The van der Waals surface area contributed by atoms with Crippen molar-refractivity contribution in [2.45, 2.75) is 32.9 Å². The van der Waals surface area contributed by atoms with E-state index in [1.54, 1.807) is 0 Å². The molecule has 1 saturated heterocycles. The molecule has 1 heterocycles. The maximum Gasteiger partial charge on any atom is 0.237 e. The monoisotopic (exact) mass is 319 g/mol. The minimum Gasteiger partial charge on any atom is -0.494 e. The van der Waals surface area contributed by atoms with Gasteiger partial charge in [-0.1, -0.05) is 12.1 Å². The number of benzene rings is 1. The first kappa shape index (κ1) is 17.3. The fourth-order valence-corrected chi connectivity index (χ4v) is 2.71. The second kappa shape index (κ2) is 8.53. The van der Waals surface area contributed by atoms with Crippen LogP contribution in [0.5, 0.6) is 5.75 Å². The Bertz CT molecular complexity index is 530. The second-order valence-corrected chi connectivity index (χ2v) is 5.51. The van der Waals surface area contributed by atoms with Gasteiger partial charge in [0.05, 0.1) is 19.1 Å². The Labute approximate surface area is 137 Å². The highest BCUT2D eigenvalue weighted by Crippen LogP contribution is 2.17. The molecule has 0 unspecified atom stereocenters. The van der Waals surface area contributed by atoms with Crippen molar-refractivity contribution >= 4 is 11.8 Å². The van der Waals surface area contributed by atoms with Gasteiger partial charge in [0, 0.05) is 26.2 Å². The van der Waals surface area contributed by atoms with E-state index < -0.39 is 6.04 Å². The summed E-state index contributed by atoms with van der Waals surface area (Å²) in [6.07, 6.45) is 0.191. The van der Waals surface area contributed by atoms with Crippen molar-refractivity contribution in [1.29, 1.82) is 0 Å². The SMILES string of the molecule is CCNC(=O)C[C@@H]1C(=O)NCCN1Cc1ccc(OCC)cc1. The summed E-state index contributed by atoms with van der Waals surface area (Å²) in [5.74, 6) is 0.672. The van der Waals surface area contributed by atoms with Crippen molar-refractivity contribution in [3.05, 3.63) is 29.8 Å². The van der Waals surface area contributed by atoms with E-state index in [2.05, 4.69) is 15.5 Å². The van der Waals surface area contributed by atoms with Gasteiger partial charge in [-0.2, -0.15) is 0 Å². The number of nitrogens with zero attached hydrogens (tertiary/aromatic N) is 1. The quantitative estimate of drug-likeness (QED) is 0.784. The predicted molar refractivity (Wildman–Crippen MR) is 88.1 cm³/mol. The Balaban J connectivity index is 2.02. The lowest BCUT2D eigenvalue weighted by Crippen LogP contribution is -2.56. The lowest BCUT2D eigenvalue weighted by Gasteiger charge is -2.34. The van der Waals surface area contributed by atoms with Gasteiger partial charge >= 0.3 is 0 Å². The van der Waals surface area contributed by atoms with Crippen molar-refractivity contribution in [2.24, 2.45) is 0 Å². The van der Waals surface area contributed by atoms with Crippen LogP contribution in [0.3, 0.4) is 0 Å². The fraction of sp³-hybridized carbons (Fsp3) is 0.529. The zero-order valence-corrected chi connectivity index (χ0v) is 13.8. The Morgan fingerprint density at radius 3 is 2.74 bits per heavy atom. The first-order valence-corrected chi connectivity index (χ1v) is 8.14. The molecule has 0 bridgehead atoms. The third-order valence-corrected chi connectivity index (χ3v) is 3.81. The van der Waals surface area contributed by atoms with Gasteiger partial charge < -0.3 is 15.4 Å². The van der Waals surface area contributed by atoms with Gasteiger partial charge in [-0.05, 0) is 31.5 Å². The normalized spacial score (nSPS) is 18.3. The van der Waals surface area contributed by atoms with Crippen molar-refractivity contribution in [3.8, 4) is 5.75 Å². The van der Waals surface area contributed by atoms with E-state index in [9.17, 15) is 9.59 Å². The van der Waals surface area contributed by atoms with Crippen LogP contribution in [0.25, 0.3) is 0 Å². The van der Waals surface area contributed by atoms with Crippen LogP contribution in [0.15, 0.2) is 24.3 Å². The summed E-state index contributed by atoms with van der Waals surface area (Å²) in [5, 5.41) is 5.60. The van der Waals surface area contributed by atoms with Gasteiger partial charge in [0.2, 0.25) is 11.8 Å². The van der Waals surface area contributed by atoms with Crippen LogP contribution >= 0.6 is 0 Å². The molecule has 6 nitrogen and oxygen atoms in total. The number of carbonyl (C=O) groups excluding carboxylic acids is 2. The van der Waals surface area contributed by atoms with Gasteiger partial charge in [-0.3, -0.25) is 14.5 Å². The van der Waals surface area contributed by atoms with Crippen molar-refractivity contribution in [1.82, 2.24) is 15.5 Å². The molecule has 1 aromatic carbocycles. The Morgan fingerprint density at radius 2 is 2.09 bits per heavy atom. The highest BCUT2D eigenvalue weighted by atomic mass is 16.5. The third kappa shape index (κ3) is 4.96. The van der Waals surface area contributed by atoms with Crippen LogP contribution in [0.4, 0.5) is 0 Å². The summed E-state index contributed by atoms with van der Waals surface area (Å²) in [7, 11) is 0. The average molecular weight is 319 g/mol.